The molecule has 0 radical (unpaired) electrons. The van der Waals surface area contributed by atoms with Crippen LogP contribution in [0.15, 0.2) is 24.3 Å². The number of hydrogen-bond acceptors (Lipinski definition) is 3. The van der Waals surface area contributed by atoms with Gasteiger partial charge in [0.25, 0.3) is 0 Å². The molecular weight excluding hydrogens is 214 g/mol. The van der Waals surface area contributed by atoms with Crippen molar-refractivity contribution in [1.29, 1.82) is 0 Å². The van der Waals surface area contributed by atoms with E-state index in [0.29, 0.717) is 24.1 Å². The van der Waals surface area contributed by atoms with Crippen LogP contribution in [0.2, 0.25) is 0 Å². The van der Waals surface area contributed by atoms with Crippen LogP contribution >= 0.6 is 0 Å². The highest BCUT2D eigenvalue weighted by Crippen LogP contribution is 2.27. The summed E-state index contributed by atoms with van der Waals surface area (Å²) in [6.07, 6.45) is 3.54. The second-order valence-electron chi connectivity index (χ2n) is 4.62. The number of nitrogens with two attached hydrogens (primary N) is 2. The van der Waals surface area contributed by atoms with Crippen LogP contribution in [0.3, 0.4) is 0 Å². The van der Waals surface area contributed by atoms with Crippen LogP contribution in [0.1, 0.15) is 29.6 Å². The lowest BCUT2D eigenvalue weighted by Gasteiger charge is -2.20. The molecule has 5 N–H and O–H groups in total. The number of primary amides is 1. The third-order valence-corrected chi connectivity index (χ3v) is 3.46. The first-order chi connectivity index (χ1) is 8.20. The molecule has 0 spiro atoms. The highest BCUT2D eigenvalue weighted by molar-refractivity contribution is 5.93. The predicted molar refractivity (Wildman–Crippen MR) is 68.8 cm³/mol. The summed E-state index contributed by atoms with van der Waals surface area (Å²) < 4.78 is 0. The van der Waals surface area contributed by atoms with Crippen molar-refractivity contribution in [2.45, 2.75) is 25.3 Å². The Morgan fingerprint density at radius 3 is 2.94 bits per heavy atom. The standard InChI is InChI=1S/C13H19N3O/c14-8-10-4-2-6-12(10)16-11-5-1-3-9(7-11)13(15)17/h1,3,5,7,10,12,16H,2,4,6,8,14H2,(H2,15,17). The Morgan fingerprint density at radius 1 is 1.41 bits per heavy atom. The molecule has 0 aliphatic heterocycles. The Balaban J connectivity index is 2.07. The average molecular weight is 233 g/mol. The van der Waals surface area contributed by atoms with Crippen LogP contribution in [0.25, 0.3) is 0 Å². The van der Waals surface area contributed by atoms with Gasteiger partial charge in [-0.1, -0.05) is 12.5 Å². The topological polar surface area (TPSA) is 81.1 Å². The zero-order valence-corrected chi connectivity index (χ0v) is 9.86. The Labute approximate surface area is 101 Å². The second-order valence-corrected chi connectivity index (χ2v) is 4.62. The molecule has 4 heteroatoms. The summed E-state index contributed by atoms with van der Waals surface area (Å²) in [6.45, 7) is 0.715. The van der Waals surface area contributed by atoms with E-state index in [-0.39, 0.29) is 0 Å². The van der Waals surface area contributed by atoms with Gasteiger partial charge >= 0.3 is 0 Å². The smallest absolute Gasteiger partial charge is 0.248 e. The van der Waals surface area contributed by atoms with Gasteiger partial charge in [0.15, 0.2) is 0 Å². The lowest BCUT2D eigenvalue weighted by atomic mass is 10.0. The number of benzene rings is 1. The second kappa shape index (κ2) is 5.19. The normalized spacial score (nSPS) is 23.6. The number of rotatable bonds is 4. The quantitative estimate of drug-likeness (QED) is 0.733. The maximum absolute atomic E-state index is 11.1. The number of hydrogen-bond donors (Lipinski definition) is 3. The van der Waals surface area contributed by atoms with Crippen molar-refractivity contribution in [3.63, 3.8) is 0 Å². The molecule has 1 aromatic rings. The number of carbonyl (C=O) groups is 1. The molecule has 0 aromatic heterocycles. The molecule has 17 heavy (non-hydrogen) atoms. The molecule has 92 valence electrons. The van der Waals surface area contributed by atoms with Gasteiger partial charge in [-0.2, -0.15) is 0 Å². The van der Waals surface area contributed by atoms with E-state index in [1.165, 1.54) is 12.8 Å². The summed E-state index contributed by atoms with van der Waals surface area (Å²) in [5.41, 5.74) is 12.5. The van der Waals surface area contributed by atoms with Gasteiger partial charge in [-0.25, -0.2) is 0 Å². The third kappa shape index (κ3) is 2.77. The average Bonchev–Trinajstić information content (AvgIpc) is 2.76. The first kappa shape index (κ1) is 11.9. The van der Waals surface area contributed by atoms with Crippen LogP contribution in [0, 0.1) is 5.92 Å². The largest absolute Gasteiger partial charge is 0.382 e. The molecule has 0 heterocycles. The van der Waals surface area contributed by atoms with E-state index in [1.807, 2.05) is 12.1 Å². The maximum Gasteiger partial charge on any atom is 0.248 e. The molecule has 1 amide bonds. The Bertz CT molecular complexity index is 405. The SMILES string of the molecule is NCC1CCCC1Nc1cccc(C(N)=O)c1. The van der Waals surface area contributed by atoms with Gasteiger partial charge in [0.2, 0.25) is 5.91 Å². The molecule has 1 saturated carbocycles. The van der Waals surface area contributed by atoms with Crippen LogP contribution < -0.4 is 16.8 Å². The van der Waals surface area contributed by atoms with E-state index in [9.17, 15) is 4.79 Å². The summed E-state index contributed by atoms with van der Waals surface area (Å²) in [6, 6.07) is 7.74. The molecule has 2 rings (SSSR count). The molecular formula is C13H19N3O. The van der Waals surface area contributed by atoms with Crippen molar-refractivity contribution in [2.24, 2.45) is 17.4 Å². The molecule has 1 aliphatic carbocycles. The third-order valence-electron chi connectivity index (χ3n) is 3.46. The number of amides is 1. The van der Waals surface area contributed by atoms with Gasteiger partial charge in [0.1, 0.15) is 0 Å². The number of anilines is 1. The van der Waals surface area contributed by atoms with E-state index >= 15 is 0 Å². The van der Waals surface area contributed by atoms with Crippen LogP contribution in [0.5, 0.6) is 0 Å². The zero-order chi connectivity index (χ0) is 12.3. The van der Waals surface area contributed by atoms with Crippen molar-refractivity contribution in [3.8, 4) is 0 Å². The lowest BCUT2D eigenvalue weighted by molar-refractivity contribution is 0.100. The van der Waals surface area contributed by atoms with Gasteiger partial charge in [-0.15, -0.1) is 0 Å². The minimum Gasteiger partial charge on any atom is -0.382 e. The van der Waals surface area contributed by atoms with Gasteiger partial charge in [-0.05, 0) is 43.5 Å². The first-order valence-electron chi connectivity index (χ1n) is 6.07. The van der Waals surface area contributed by atoms with Gasteiger partial charge < -0.3 is 16.8 Å². The first-order valence-corrected chi connectivity index (χ1v) is 6.07. The predicted octanol–water partition coefficient (Wildman–Crippen LogP) is 1.32. The van der Waals surface area contributed by atoms with Crippen LogP contribution in [-0.4, -0.2) is 18.5 Å². The van der Waals surface area contributed by atoms with Crippen LogP contribution in [0.4, 0.5) is 5.69 Å². The molecule has 0 saturated heterocycles. The van der Waals surface area contributed by atoms with Crippen LogP contribution in [-0.2, 0) is 0 Å². The van der Waals surface area contributed by atoms with E-state index in [0.717, 1.165) is 12.1 Å². The zero-order valence-electron chi connectivity index (χ0n) is 9.86. The highest BCUT2D eigenvalue weighted by Gasteiger charge is 2.25. The lowest BCUT2D eigenvalue weighted by Crippen LogP contribution is -2.29. The maximum atomic E-state index is 11.1. The fourth-order valence-corrected chi connectivity index (χ4v) is 2.49. The Hall–Kier alpha value is -1.55. The fraction of sp³-hybridized carbons (Fsp3) is 0.462. The summed E-state index contributed by atoms with van der Waals surface area (Å²) in [5.74, 6) is 0.141. The summed E-state index contributed by atoms with van der Waals surface area (Å²) >= 11 is 0. The minimum atomic E-state index is -0.393. The fourth-order valence-electron chi connectivity index (χ4n) is 2.49. The van der Waals surface area contributed by atoms with Crippen molar-refractivity contribution in [1.82, 2.24) is 0 Å². The summed E-state index contributed by atoms with van der Waals surface area (Å²) in [7, 11) is 0. The van der Waals surface area contributed by atoms with E-state index < -0.39 is 5.91 Å². The van der Waals surface area contributed by atoms with Gasteiger partial charge in [0, 0.05) is 17.3 Å². The van der Waals surface area contributed by atoms with Gasteiger partial charge in [-0.3, -0.25) is 4.79 Å². The van der Waals surface area contributed by atoms with E-state index in [2.05, 4.69) is 5.32 Å². The molecule has 1 aliphatic rings. The summed E-state index contributed by atoms with van der Waals surface area (Å²) in [5, 5.41) is 3.45. The minimum absolute atomic E-state index is 0.393. The number of carbonyl (C=O) groups excluding carboxylic acids is 1. The Kier molecular flexibility index (Phi) is 3.64. The van der Waals surface area contributed by atoms with Crippen molar-refractivity contribution < 1.29 is 4.79 Å². The molecule has 2 unspecified atom stereocenters. The Morgan fingerprint density at radius 2 is 2.24 bits per heavy atom. The van der Waals surface area contributed by atoms with Crippen molar-refractivity contribution in [3.05, 3.63) is 29.8 Å². The van der Waals surface area contributed by atoms with E-state index in [4.69, 9.17) is 11.5 Å². The molecule has 4 nitrogen and oxygen atoms in total. The van der Waals surface area contributed by atoms with E-state index in [1.54, 1.807) is 12.1 Å². The molecule has 0 bridgehead atoms. The monoisotopic (exact) mass is 233 g/mol. The van der Waals surface area contributed by atoms with Crippen molar-refractivity contribution >= 4 is 11.6 Å². The molecule has 1 fully saturated rings. The number of nitrogens with one attached hydrogen (secondary N) is 1. The van der Waals surface area contributed by atoms with Gasteiger partial charge in [0.05, 0.1) is 0 Å². The molecule has 2 atom stereocenters. The molecule has 1 aromatic carbocycles. The highest BCUT2D eigenvalue weighted by atomic mass is 16.1. The summed E-state index contributed by atoms with van der Waals surface area (Å²) in [4.78, 5) is 11.1. The van der Waals surface area contributed by atoms with Crippen molar-refractivity contribution in [2.75, 3.05) is 11.9 Å².